The molecule has 156 valence electrons. The standard InChI is InChI=1S/C21H26N2O4S2/c1-4-19-16-22(28(24,25)20-10-6-17(2)7-11-20)14-5-15-23(19)29(26,27)21-12-8-18(3)9-13-21/h4,6-13,19H,1,5,14-16H2,2-3H3. The number of aryl methyl sites for hydroxylation is 2. The molecule has 1 aliphatic rings. The van der Waals surface area contributed by atoms with Gasteiger partial charge in [0.25, 0.3) is 0 Å². The van der Waals surface area contributed by atoms with Crippen molar-refractivity contribution in [3.8, 4) is 0 Å². The van der Waals surface area contributed by atoms with Crippen molar-refractivity contribution in [3.05, 3.63) is 72.3 Å². The summed E-state index contributed by atoms with van der Waals surface area (Å²) in [7, 11) is -7.48. The number of hydrogen-bond donors (Lipinski definition) is 0. The van der Waals surface area contributed by atoms with Crippen LogP contribution in [0, 0.1) is 13.8 Å². The van der Waals surface area contributed by atoms with Gasteiger partial charge in [0.1, 0.15) is 0 Å². The molecule has 2 aromatic rings. The van der Waals surface area contributed by atoms with Gasteiger partial charge in [0.05, 0.1) is 15.8 Å². The minimum Gasteiger partial charge on any atom is -0.207 e. The first-order chi connectivity index (χ1) is 13.7. The molecule has 0 bridgehead atoms. The SMILES string of the molecule is C=CC1CN(S(=O)(=O)c2ccc(C)cc2)CCCN1S(=O)(=O)c1ccc(C)cc1. The van der Waals surface area contributed by atoms with Gasteiger partial charge in [-0.15, -0.1) is 6.58 Å². The van der Waals surface area contributed by atoms with Crippen molar-refractivity contribution >= 4 is 20.0 Å². The normalized spacial score (nSPS) is 19.6. The first-order valence-electron chi connectivity index (χ1n) is 9.44. The molecule has 1 aliphatic heterocycles. The lowest BCUT2D eigenvalue weighted by Crippen LogP contribution is -2.44. The quantitative estimate of drug-likeness (QED) is 0.678. The van der Waals surface area contributed by atoms with E-state index in [0.717, 1.165) is 11.1 Å². The van der Waals surface area contributed by atoms with Crippen LogP contribution in [0.15, 0.2) is 71.0 Å². The first-order valence-corrected chi connectivity index (χ1v) is 12.3. The fourth-order valence-electron chi connectivity index (χ4n) is 3.37. The zero-order valence-electron chi connectivity index (χ0n) is 16.7. The van der Waals surface area contributed by atoms with Crippen LogP contribution < -0.4 is 0 Å². The average Bonchev–Trinajstić information content (AvgIpc) is 2.92. The van der Waals surface area contributed by atoms with Gasteiger partial charge in [-0.2, -0.15) is 8.61 Å². The maximum Gasteiger partial charge on any atom is 0.243 e. The maximum absolute atomic E-state index is 13.2. The Labute approximate surface area is 173 Å². The van der Waals surface area contributed by atoms with Crippen LogP contribution in [0.4, 0.5) is 0 Å². The van der Waals surface area contributed by atoms with Crippen LogP contribution in [-0.4, -0.2) is 51.1 Å². The Morgan fingerprint density at radius 2 is 1.31 bits per heavy atom. The second kappa shape index (κ2) is 8.39. The van der Waals surface area contributed by atoms with E-state index < -0.39 is 26.1 Å². The first kappa shape index (κ1) is 21.7. The molecule has 0 N–H and O–H groups in total. The molecule has 1 atom stereocenters. The van der Waals surface area contributed by atoms with Crippen LogP contribution in [0.1, 0.15) is 17.5 Å². The molecule has 0 saturated carbocycles. The Bertz CT molecular complexity index is 1080. The Kier molecular flexibility index (Phi) is 6.28. The molecule has 0 spiro atoms. The molecule has 29 heavy (non-hydrogen) atoms. The highest BCUT2D eigenvalue weighted by atomic mass is 32.2. The summed E-state index contributed by atoms with van der Waals surface area (Å²) in [5.41, 5.74) is 1.94. The highest BCUT2D eigenvalue weighted by Crippen LogP contribution is 2.25. The van der Waals surface area contributed by atoms with Crippen molar-refractivity contribution in [1.29, 1.82) is 0 Å². The van der Waals surface area contributed by atoms with Gasteiger partial charge in [-0.25, -0.2) is 16.8 Å². The van der Waals surface area contributed by atoms with Crippen LogP contribution in [0.2, 0.25) is 0 Å². The molecular formula is C21H26N2O4S2. The topological polar surface area (TPSA) is 74.8 Å². The third-order valence-corrected chi connectivity index (χ3v) is 8.92. The largest absolute Gasteiger partial charge is 0.243 e. The molecule has 0 aliphatic carbocycles. The van der Waals surface area contributed by atoms with Crippen molar-refractivity contribution < 1.29 is 16.8 Å². The molecule has 1 fully saturated rings. The Hall–Kier alpha value is -2.00. The number of benzene rings is 2. The average molecular weight is 435 g/mol. The van der Waals surface area contributed by atoms with E-state index in [1.165, 1.54) is 14.7 Å². The predicted octanol–water partition coefficient (Wildman–Crippen LogP) is 2.94. The van der Waals surface area contributed by atoms with E-state index in [9.17, 15) is 16.8 Å². The summed E-state index contributed by atoms with van der Waals surface area (Å²) in [6, 6.07) is 12.7. The molecule has 3 rings (SSSR count). The summed E-state index contributed by atoms with van der Waals surface area (Å²) in [5.74, 6) is 0. The van der Waals surface area contributed by atoms with E-state index in [1.807, 2.05) is 13.8 Å². The van der Waals surface area contributed by atoms with Gasteiger partial charge in [-0.05, 0) is 44.5 Å². The second-order valence-electron chi connectivity index (χ2n) is 7.26. The minimum atomic E-state index is -3.76. The lowest BCUT2D eigenvalue weighted by molar-refractivity contribution is 0.351. The molecule has 6 nitrogen and oxygen atoms in total. The fourth-order valence-corrected chi connectivity index (χ4v) is 6.50. The lowest BCUT2D eigenvalue weighted by atomic mass is 10.2. The lowest BCUT2D eigenvalue weighted by Gasteiger charge is -2.28. The monoisotopic (exact) mass is 434 g/mol. The van der Waals surface area contributed by atoms with Gasteiger partial charge >= 0.3 is 0 Å². The van der Waals surface area contributed by atoms with Crippen molar-refractivity contribution in [2.24, 2.45) is 0 Å². The van der Waals surface area contributed by atoms with Gasteiger partial charge in [0.2, 0.25) is 20.0 Å². The van der Waals surface area contributed by atoms with E-state index >= 15 is 0 Å². The summed E-state index contributed by atoms with van der Waals surface area (Å²) >= 11 is 0. The van der Waals surface area contributed by atoms with Crippen molar-refractivity contribution in [1.82, 2.24) is 8.61 Å². The zero-order chi connectivity index (χ0) is 21.2. The van der Waals surface area contributed by atoms with Crippen molar-refractivity contribution in [2.45, 2.75) is 36.1 Å². The van der Waals surface area contributed by atoms with E-state index in [0.29, 0.717) is 6.42 Å². The smallest absolute Gasteiger partial charge is 0.207 e. The highest BCUT2D eigenvalue weighted by Gasteiger charge is 2.36. The predicted molar refractivity (Wildman–Crippen MR) is 114 cm³/mol. The van der Waals surface area contributed by atoms with Crippen LogP contribution in [0.5, 0.6) is 0 Å². The Morgan fingerprint density at radius 3 is 1.79 bits per heavy atom. The second-order valence-corrected chi connectivity index (χ2v) is 11.1. The van der Waals surface area contributed by atoms with Crippen LogP contribution in [-0.2, 0) is 20.0 Å². The van der Waals surface area contributed by atoms with Gasteiger partial charge < -0.3 is 0 Å². The highest BCUT2D eigenvalue weighted by molar-refractivity contribution is 7.89. The fraction of sp³-hybridized carbons (Fsp3) is 0.333. The third kappa shape index (κ3) is 4.45. The summed E-state index contributed by atoms with van der Waals surface area (Å²) in [6.07, 6.45) is 1.91. The van der Waals surface area contributed by atoms with Gasteiger partial charge in [-0.1, -0.05) is 41.5 Å². The van der Waals surface area contributed by atoms with E-state index in [-0.39, 0.29) is 29.4 Å². The maximum atomic E-state index is 13.2. The molecular weight excluding hydrogens is 408 g/mol. The van der Waals surface area contributed by atoms with Gasteiger partial charge in [0.15, 0.2) is 0 Å². The summed E-state index contributed by atoms with van der Waals surface area (Å²) in [5, 5.41) is 0. The number of rotatable bonds is 5. The molecule has 1 heterocycles. The molecule has 0 radical (unpaired) electrons. The van der Waals surface area contributed by atoms with Gasteiger partial charge in [-0.3, -0.25) is 0 Å². The van der Waals surface area contributed by atoms with E-state index in [1.54, 1.807) is 48.5 Å². The molecule has 1 unspecified atom stereocenters. The molecule has 8 heteroatoms. The number of sulfonamides is 2. The molecule has 2 aromatic carbocycles. The summed E-state index contributed by atoms with van der Waals surface area (Å²) < 4.78 is 55.3. The molecule has 1 saturated heterocycles. The van der Waals surface area contributed by atoms with Crippen molar-refractivity contribution in [3.63, 3.8) is 0 Å². The summed E-state index contributed by atoms with van der Waals surface area (Å²) in [6.45, 7) is 8.07. The van der Waals surface area contributed by atoms with Gasteiger partial charge in [0, 0.05) is 19.6 Å². The van der Waals surface area contributed by atoms with Crippen LogP contribution in [0.3, 0.4) is 0 Å². The third-order valence-electron chi connectivity index (χ3n) is 5.11. The summed E-state index contributed by atoms with van der Waals surface area (Å²) in [4.78, 5) is 0.408. The minimum absolute atomic E-state index is 0.0325. The van der Waals surface area contributed by atoms with E-state index in [2.05, 4.69) is 6.58 Å². The van der Waals surface area contributed by atoms with Crippen molar-refractivity contribution in [2.75, 3.05) is 19.6 Å². The van der Waals surface area contributed by atoms with Crippen LogP contribution in [0.25, 0.3) is 0 Å². The van der Waals surface area contributed by atoms with E-state index in [4.69, 9.17) is 0 Å². The van der Waals surface area contributed by atoms with Crippen LogP contribution >= 0.6 is 0 Å². The Balaban J connectivity index is 1.91. The zero-order valence-corrected chi connectivity index (χ0v) is 18.3. The molecule has 0 aromatic heterocycles. The Morgan fingerprint density at radius 1 is 0.828 bits per heavy atom. The molecule has 0 amide bonds. The number of nitrogens with zero attached hydrogens (tertiary/aromatic N) is 2. The number of hydrogen-bond acceptors (Lipinski definition) is 4.